The molecule has 5 heteroatoms. The molecule has 0 aromatic heterocycles. The molecule has 1 aromatic rings. The number of amides is 1. The number of hydrazine groups is 1. The molecule has 1 fully saturated rings. The zero-order valence-electron chi connectivity index (χ0n) is 9.86. The first-order valence-electron chi connectivity index (χ1n) is 6.15. The van der Waals surface area contributed by atoms with Gasteiger partial charge in [0.05, 0.1) is 12.1 Å². The molecule has 1 saturated heterocycles. The van der Waals surface area contributed by atoms with Gasteiger partial charge in [-0.3, -0.25) is 4.79 Å². The van der Waals surface area contributed by atoms with Crippen LogP contribution in [0.5, 0.6) is 0 Å². The van der Waals surface area contributed by atoms with Gasteiger partial charge in [-0.25, -0.2) is 5.43 Å². The van der Waals surface area contributed by atoms with Crippen LogP contribution in [0.25, 0.3) is 0 Å². The molecule has 1 spiro atoms. The van der Waals surface area contributed by atoms with E-state index in [2.05, 4.69) is 33.2 Å². The Morgan fingerprint density at radius 1 is 1.28 bits per heavy atom. The molecular weight excluding hydrogens is 228 g/mol. The van der Waals surface area contributed by atoms with Crippen LogP contribution < -0.4 is 16.2 Å². The zero-order chi connectivity index (χ0) is 12.2. The molecule has 3 aliphatic heterocycles. The van der Waals surface area contributed by atoms with Gasteiger partial charge in [0.25, 0.3) is 0 Å². The summed E-state index contributed by atoms with van der Waals surface area (Å²) in [5.41, 5.74) is 7.85. The van der Waals surface area contributed by atoms with E-state index in [-0.39, 0.29) is 5.91 Å². The van der Waals surface area contributed by atoms with E-state index in [1.54, 1.807) is 0 Å². The van der Waals surface area contributed by atoms with E-state index in [0.29, 0.717) is 0 Å². The molecule has 1 aromatic carbocycles. The highest BCUT2D eigenvalue weighted by Crippen LogP contribution is 2.43. The molecule has 0 radical (unpaired) electrons. The first kappa shape index (κ1) is 9.96. The first-order valence-corrected chi connectivity index (χ1v) is 6.15. The second-order valence-electron chi connectivity index (χ2n) is 5.03. The van der Waals surface area contributed by atoms with Crippen molar-refractivity contribution in [3.05, 3.63) is 41.7 Å². The van der Waals surface area contributed by atoms with Crippen LogP contribution in [0, 0.1) is 0 Å². The number of nitrogens with zero attached hydrogens (tertiary/aromatic N) is 1. The van der Waals surface area contributed by atoms with Gasteiger partial charge in [0.1, 0.15) is 5.82 Å². The van der Waals surface area contributed by atoms with E-state index in [4.69, 9.17) is 0 Å². The van der Waals surface area contributed by atoms with Crippen molar-refractivity contribution >= 4 is 11.6 Å². The molecule has 18 heavy (non-hydrogen) atoms. The zero-order valence-corrected chi connectivity index (χ0v) is 9.86. The summed E-state index contributed by atoms with van der Waals surface area (Å²) in [5.74, 6) is 1.20. The number of hydrogen-bond donors (Lipinski definition) is 3. The molecule has 5 nitrogen and oxygen atoms in total. The van der Waals surface area contributed by atoms with E-state index in [9.17, 15) is 4.79 Å². The average Bonchev–Trinajstić information content (AvgIpc) is 2.95. The van der Waals surface area contributed by atoms with Crippen molar-refractivity contribution in [1.82, 2.24) is 15.8 Å². The van der Waals surface area contributed by atoms with Crippen molar-refractivity contribution in [2.24, 2.45) is 0 Å². The van der Waals surface area contributed by atoms with Crippen LogP contribution in [0.3, 0.4) is 0 Å². The number of rotatable bonds is 0. The monoisotopic (exact) mass is 242 g/mol. The van der Waals surface area contributed by atoms with Crippen molar-refractivity contribution < 1.29 is 4.79 Å². The maximum absolute atomic E-state index is 12.4. The normalized spacial score (nSPS) is 28.6. The Labute approximate surface area is 105 Å². The summed E-state index contributed by atoms with van der Waals surface area (Å²) >= 11 is 0. The third-order valence-corrected chi connectivity index (χ3v) is 4.06. The summed E-state index contributed by atoms with van der Waals surface area (Å²) in [6, 6.07) is 7.99. The highest BCUT2D eigenvalue weighted by Gasteiger charge is 2.49. The van der Waals surface area contributed by atoms with Crippen molar-refractivity contribution in [1.29, 1.82) is 0 Å². The molecule has 3 N–H and O–H groups in total. The Bertz CT molecular complexity index is 568. The van der Waals surface area contributed by atoms with E-state index in [1.807, 2.05) is 18.2 Å². The average molecular weight is 242 g/mol. The fourth-order valence-corrected chi connectivity index (χ4v) is 3.11. The van der Waals surface area contributed by atoms with Gasteiger partial charge in [0.2, 0.25) is 5.91 Å². The van der Waals surface area contributed by atoms with E-state index in [1.165, 1.54) is 0 Å². The number of para-hydroxylation sites is 1. The standard InChI is InChI=1S/C13H14N4O/c18-12-13(9-3-1-2-4-10(9)15-12)6-5-11-16-14-8-17(11)7-13/h1-5,14,16H,6-8H2,(H,15,18). The highest BCUT2D eigenvalue weighted by molar-refractivity contribution is 6.06. The van der Waals surface area contributed by atoms with Crippen molar-refractivity contribution in [2.75, 3.05) is 18.5 Å². The van der Waals surface area contributed by atoms with Gasteiger partial charge in [-0.1, -0.05) is 18.2 Å². The van der Waals surface area contributed by atoms with Gasteiger partial charge < -0.3 is 15.6 Å². The van der Waals surface area contributed by atoms with Crippen LogP contribution >= 0.6 is 0 Å². The summed E-state index contributed by atoms with van der Waals surface area (Å²) in [6.07, 6.45) is 2.85. The van der Waals surface area contributed by atoms with Gasteiger partial charge in [-0.15, -0.1) is 0 Å². The number of fused-ring (bicyclic) bond motifs is 3. The Morgan fingerprint density at radius 2 is 2.17 bits per heavy atom. The van der Waals surface area contributed by atoms with Gasteiger partial charge >= 0.3 is 0 Å². The molecule has 1 unspecified atom stereocenters. The minimum Gasteiger partial charge on any atom is -0.342 e. The number of carbonyl (C=O) groups is 1. The highest BCUT2D eigenvalue weighted by atomic mass is 16.2. The lowest BCUT2D eigenvalue weighted by molar-refractivity contribution is -0.121. The van der Waals surface area contributed by atoms with Gasteiger partial charge in [0, 0.05) is 12.2 Å². The molecule has 3 aliphatic rings. The predicted octanol–water partition coefficient (Wildman–Crippen LogP) is 0.489. The van der Waals surface area contributed by atoms with Crippen LogP contribution in [0.15, 0.2) is 36.2 Å². The molecule has 0 aliphatic carbocycles. The minimum atomic E-state index is -0.423. The molecular formula is C13H14N4O. The van der Waals surface area contributed by atoms with Crippen LogP contribution in [0.1, 0.15) is 12.0 Å². The molecule has 1 amide bonds. The fourth-order valence-electron chi connectivity index (χ4n) is 3.11. The summed E-state index contributed by atoms with van der Waals surface area (Å²) in [5, 5.41) is 3.00. The van der Waals surface area contributed by atoms with Crippen LogP contribution in [-0.4, -0.2) is 24.0 Å². The number of anilines is 1. The third kappa shape index (κ3) is 1.12. The maximum Gasteiger partial charge on any atom is 0.237 e. The van der Waals surface area contributed by atoms with Gasteiger partial charge in [-0.2, -0.15) is 0 Å². The first-order chi connectivity index (χ1) is 8.79. The number of allylic oxidation sites excluding steroid dienone is 1. The smallest absolute Gasteiger partial charge is 0.237 e. The predicted molar refractivity (Wildman–Crippen MR) is 67.3 cm³/mol. The lowest BCUT2D eigenvalue weighted by Crippen LogP contribution is -2.47. The Morgan fingerprint density at radius 3 is 3.11 bits per heavy atom. The largest absolute Gasteiger partial charge is 0.342 e. The Kier molecular flexibility index (Phi) is 1.81. The van der Waals surface area contributed by atoms with E-state index in [0.717, 1.165) is 36.7 Å². The van der Waals surface area contributed by atoms with E-state index >= 15 is 0 Å². The lowest BCUT2D eigenvalue weighted by atomic mass is 9.76. The van der Waals surface area contributed by atoms with Crippen molar-refractivity contribution in [3.63, 3.8) is 0 Å². The minimum absolute atomic E-state index is 0.117. The second-order valence-corrected chi connectivity index (χ2v) is 5.03. The van der Waals surface area contributed by atoms with Crippen molar-refractivity contribution in [2.45, 2.75) is 11.8 Å². The van der Waals surface area contributed by atoms with Crippen LogP contribution in [-0.2, 0) is 10.2 Å². The second kappa shape index (κ2) is 3.26. The Balaban J connectivity index is 1.83. The van der Waals surface area contributed by atoms with Crippen LogP contribution in [0.2, 0.25) is 0 Å². The molecule has 0 bridgehead atoms. The molecule has 0 saturated carbocycles. The maximum atomic E-state index is 12.4. The molecule has 1 atom stereocenters. The number of benzene rings is 1. The molecule has 3 heterocycles. The summed E-state index contributed by atoms with van der Waals surface area (Å²) < 4.78 is 0. The summed E-state index contributed by atoms with van der Waals surface area (Å²) in [6.45, 7) is 1.46. The molecule has 4 rings (SSSR count). The number of hydrogen-bond acceptors (Lipinski definition) is 4. The number of carbonyl (C=O) groups excluding carboxylic acids is 1. The summed E-state index contributed by atoms with van der Waals surface area (Å²) in [4.78, 5) is 14.6. The van der Waals surface area contributed by atoms with Crippen molar-refractivity contribution in [3.8, 4) is 0 Å². The van der Waals surface area contributed by atoms with Gasteiger partial charge in [-0.05, 0) is 24.1 Å². The number of nitrogens with one attached hydrogen (secondary N) is 3. The topological polar surface area (TPSA) is 56.4 Å². The van der Waals surface area contributed by atoms with Crippen LogP contribution in [0.4, 0.5) is 5.69 Å². The molecule has 92 valence electrons. The Hall–Kier alpha value is -2.01. The summed E-state index contributed by atoms with van der Waals surface area (Å²) in [7, 11) is 0. The van der Waals surface area contributed by atoms with E-state index < -0.39 is 5.41 Å². The lowest BCUT2D eigenvalue weighted by Gasteiger charge is -2.35. The fraction of sp³-hybridized carbons (Fsp3) is 0.308. The van der Waals surface area contributed by atoms with Gasteiger partial charge in [0.15, 0.2) is 0 Å². The quantitative estimate of drug-likeness (QED) is 0.620. The SMILES string of the molecule is O=C1Nc2ccccc2C12CC=C1NNCN1C2. The third-order valence-electron chi connectivity index (χ3n) is 4.06.